The van der Waals surface area contributed by atoms with E-state index in [4.69, 9.17) is 29.7 Å². The van der Waals surface area contributed by atoms with Gasteiger partial charge >= 0.3 is 12.1 Å². The molecule has 2 heterocycles. The zero-order valence-corrected chi connectivity index (χ0v) is 29.6. The normalized spacial score (nSPS) is 14.7. The van der Waals surface area contributed by atoms with E-state index in [0.29, 0.717) is 12.0 Å². The van der Waals surface area contributed by atoms with Crippen molar-refractivity contribution in [2.45, 2.75) is 39.2 Å². The van der Waals surface area contributed by atoms with Gasteiger partial charge in [-0.05, 0) is 17.5 Å². The number of imide groups is 4. The van der Waals surface area contributed by atoms with Gasteiger partial charge < -0.3 is 20.4 Å². The summed E-state index contributed by atoms with van der Waals surface area (Å²) in [5.74, 6) is -5.98. The van der Waals surface area contributed by atoms with Crippen LogP contribution in [0.4, 0.5) is 9.59 Å². The van der Waals surface area contributed by atoms with Gasteiger partial charge in [0.15, 0.2) is 0 Å². The quantitative estimate of drug-likeness (QED) is 0.232. The van der Waals surface area contributed by atoms with Crippen LogP contribution in [0.3, 0.4) is 0 Å². The summed E-state index contributed by atoms with van der Waals surface area (Å²) in [4.78, 5) is 102. The number of rotatable bonds is 4. The minimum absolute atomic E-state index is 0. The van der Waals surface area contributed by atoms with Gasteiger partial charge in [0.2, 0.25) is 17.4 Å². The number of nitrogens with zero attached hydrogens (tertiary/aromatic N) is 4. The van der Waals surface area contributed by atoms with E-state index in [1.165, 1.54) is 28.2 Å². The molecule has 2 saturated heterocycles. The van der Waals surface area contributed by atoms with E-state index in [2.05, 4.69) is 0 Å². The number of carbonyl (C=O) groups excluding carboxylic acids is 6. The van der Waals surface area contributed by atoms with E-state index < -0.39 is 65.1 Å². The predicted molar refractivity (Wildman–Crippen MR) is 182 cm³/mol. The fourth-order valence-electron chi connectivity index (χ4n) is 4.10. The standard InChI is InChI=1S/C13H14N2O4.C13H14N2O3.3C2H4O2.BH4.Mn/c1-14-10(16)13(19,11(17)15(2)12(14)18)8-9-6-4-3-5-7-9;1-14-11(16)10(12(17)15(2)13(14)18)8-9-6-4-3-5-7-9;3*1-2(3)4;;/h3-7,19H,8H2,1-2H3;3-7,10H,8H2,1-2H3;3*1H3,(H,3,4);1H4;/q;;;;;-1;. The summed E-state index contributed by atoms with van der Waals surface area (Å²) in [6, 6.07) is 16.7. The number of urea groups is 2. The second-order valence-electron chi connectivity index (χ2n) is 10.4. The predicted octanol–water partition coefficient (Wildman–Crippen LogP) is -0.275. The first kappa shape index (κ1) is 50.0. The smallest absolute Gasteiger partial charge is 0.333 e. The van der Waals surface area contributed by atoms with Gasteiger partial charge in [-0.2, -0.15) is 0 Å². The third-order valence-corrected chi connectivity index (χ3v) is 6.31. The Morgan fingerprint density at radius 1 is 0.588 bits per heavy atom. The Kier molecular flexibility index (Phi) is 22.6. The Hall–Kier alpha value is -5.39. The summed E-state index contributed by atoms with van der Waals surface area (Å²) in [7, 11) is 5.27. The number of carbonyl (C=O) groups is 9. The van der Waals surface area contributed by atoms with Crippen LogP contribution in [0.2, 0.25) is 0 Å². The molecule has 2 aliphatic heterocycles. The number of benzene rings is 2. The molecule has 0 aliphatic carbocycles. The first-order valence-corrected chi connectivity index (χ1v) is 14.2. The number of carboxylic acid groups (broad SMARTS) is 3. The topological polar surface area (TPSA) is 248 Å². The largest absolute Gasteiger partial charge is 0.481 e. The number of aliphatic hydroxyl groups is 1. The second kappa shape index (κ2) is 23.1. The molecule has 0 unspecified atom stereocenters. The summed E-state index contributed by atoms with van der Waals surface area (Å²) in [5, 5.41) is 32.6. The van der Waals surface area contributed by atoms with Gasteiger partial charge in [-0.3, -0.25) is 53.2 Å². The first-order valence-electron chi connectivity index (χ1n) is 14.2. The average molecular weight is 758 g/mol. The van der Waals surface area contributed by atoms with Gasteiger partial charge in [0, 0.05) is 72.5 Å². The van der Waals surface area contributed by atoms with E-state index >= 15 is 0 Å². The molecule has 0 bridgehead atoms. The van der Waals surface area contributed by atoms with E-state index in [1.807, 2.05) is 30.3 Å². The molecule has 2 aliphatic rings. The zero-order chi connectivity index (χ0) is 38.2. The monoisotopic (exact) mass is 758 g/mol. The summed E-state index contributed by atoms with van der Waals surface area (Å²) in [6.45, 7) is 3.25. The second-order valence-corrected chi connectivity index (χ2v) is 10.4. The molecule has 0 atom stereocenters. The maximum atomic E-state index is 12.0. The van der Waals surface area contributed by atoms with Gasteiger partial charge in [-0.1, -0.05) is 69.1 Å². The molecule has 4 N–H and O–H groups in total. The molecule has 51 heavy (non-hydrogen) atoms. The SMILES string of the molecule is CC(=O)O.CC(=O)O.CC(=O)O.CN1C(=O)C(Cc2ccccc2)C(=O)N(C)C1=O.CN1C(=O)N(C)C(=O)C(O)(Cc2ccccc2)C1=O.[BH4-].[Mn]. The maximum Gasteiger partial charge on any atom is 0.333 e. The summed E-state index contributed by atoms with van der Waals surface area (Å²) >= 11 is 0. The third kappa shape index (κ3) is 15.8. The molecule has 0 spiro atoms. The molecule has 19 heteroatoms. The Balaban J connectivity index is -0.000000668. The molecule has 2 aromatic rings. The number of amides is 8. The van der Waals surface area contributed by atoms with Crippen molar-refractivity contribution in [3.8, 4) is 0 Å². The van der Waals surface area contributed by atoms with Crippen LogP contribution in [-0.2, 0) is 63.5 Å². The summed E-state index contributed by atoms with van der Waals surface area (Å²) < 4.78 is 0. The number of hydrogen-bond acceptors (Lipinski definition) is 10. The van der Waals surface area contributed by atoms with Crippen LogP contribution in [0.25, 0.3) is 0 Å². The van der Waals surface area contributed by atoms with Gasteiger partial charge in [0.05, 0.1) is 0 Å². The molecule has 8 amide bonds. The molecule has 1 radical (unpaired) electrons. The van der Waals surface area contributed by atoms with Crippen LogP contribution in [0, 0.1) is 5.92 Å². The van der Waals surface area contributed by atoms with Crippen LogP contribution in [0.1, 0.15) is 31.9 Å². The van der Waals surface area contributed by atoms with Crippen LogP contribution in [0.15, 0.2) is 60.7 Å². The van der Waals surface area contributed by atoms with Crippen molar-refractivity contribution in [1.82, 2.24) is 19.6 Å². The fraction of sp³-hybridized carbons (Fsp3) is 0.344. The molecule has 281 valence electrons. The summed E-state index contributed by atoms with van der Waals surface area (Å²) in [6.07, 6.45) is 0.161. The van der Waals surface area contributed by atoms with E-state index in [-0.39, 0.29) is 31.9 Å². The van der Waals surface area contributed by atoms with Gasteiger partial charge in [0.1, 0.15) is 5.92 Å². The average Bonchev–Trinajstić information content (AvgIpc) is 3.03. The van der Waals surface area contributed by atoms with Crippen LogP contribution in [-0.4, -0.2) is 136 Å². The summed E-state index contributed by atoms with van der Waals surface area (Å²) in [5.41, 5.74) is -0.679. The van der Waals surface area contributed by atoms with Crippen molar-refractivity contribution < 1.29 is 80.6 Å². The number of likely N-dealkylation sites (N-methyl/N-ethyl adjacent to an activating group) is 2. The number of aliphatic carboxylic acids is 3. The fourth-order valence-corrected chi connectivity index (χ4v) is 4.10. The van der Waals surface area contributed by atoms with Crippen molar-refractivity contribution in [2.24, 2.45) is 5.92 Å². The van der Waals surface area contributed by atoms with Gasteiger partial charge in [-0.25, -0.2) is 9.59 Å². The Morgan fingerprint density at radius 3 is 1.18 bits per heavy atom. The Labute approximate surface area is 306 Å². The molecular weight excluding hydrogens is 714 g/mol. The molecular formula is C32H44BMnN4O13-. The van der Waals surface area contributed by atoms with E-state index in [1.54, 1.807) is 30.3 Å². The van der Waals surface area contributed by atoms with Gasteiger partial charge in [0.25, 0.3) is 29.7 Å². The third-order valence-electron chi connectivity index (χ3n) is 6.31. The molecule has 0 aromatic heterocycles. The van der Waals surface area contributed by atoms with Gasteiger partial charge in [-0.15, -0.1) is 0 Å². The Bertz CT molecular complexity index is 1460. The number of hydrogen-bond donors (Lipinski definition) is 4. The van der Waals surface area contributed by atoms with Crippen molar-refractivity contribution in [1.29, 1.82) is 0 Å². The minimum Gasteiger partial charge on any atom is -0.481 e. The minimum atomic E-state index is -2.22. The van der Waals surface area contributed by atoms with Crippen molar-refractivity contribution in [3.63, 3.8) is 0 Å². The number of barbiturate groups is 2. The number of carboxylic acids is 3. The van der Waals surface area contributed by atoms with Crippen LogP contribution in [0.5, 0.6) is 0 Å². The molecule has 17 nitrogen and oxygen atoms in total. The molecule has 0 saturated carbocycles. The van der Waals surface area contributed by atoms with Crippen molar-refractivity contribution >= 4 is 62.0 Å². The van der Waals surface area contributed by atoms with Crippen molar-refractivity contribution in [3.05, 3.63) is 71.8 Å². The molecule has 4 rings (SSSR count). The zero-order valence-electron chi connectivity index (χ0n) is 28.4. The Morgan fingerprint density at radius 2 is 0.863 bits per heavy atom. The first-order chi connectivity index (χ1) is 22.6. The van der Waals surface area contributed by atoms with E-state index in [0.717, 1.165) is 45.9 Å². The van der Waals surface area contributed by atoms with Crippen LogP contribution >= 0.6 is 0 Å². The van der Waals surface area contributed by atoms with Crippen LogP contribution < -0.4 is 0 Å². The maximum absolute atomic E-state index is 12.0. The molecule has 2 fully saturated rings. The molecule has 2 aromatic carbocycles. The van der Waals surface area contributed by atoms with Crippen molar-refractivity contribution in [2.75, 3.05) is 28.2 Å². The van der Waals surface area contributed by atoms with E-state index in [9.17, 15) is 33.9 Å².